The summed E-state index contributed by atoms with van der Waals surface area (Å²) in [7, 11) is 0. The van der Waals surface area contributed by atoms with Crippen LogP contribution in [0.1, 0.15) is 36.0 Å². The molecule has 0 N–H and O–H groups in total. The minimum atomic E-state index is -0.0929. The highest BCUT2D eigenvalue weighted by Gasteiger charge is 2.17. The zero-order chi connectivity index (χ0) is 23.8. The topological polar surface area (TPSA) is 81.5 Å². The summed E-state index contributed by atoms with van der Waals surface area (Å²) < 4.78 is 6.97. The van der Waals surface area contributed by atoms with E-state index < -0.39 is 0 Å². The number of nitrogens with zero attached hydrogens (tertiary/aromatic N) is 3. The molecule has 1 amide bonds. The number of thioether (sulfide) groups is 1. The van der Waals surface area contributed by atoms with Gasteiger partial charge in [0.05, 0.1) is 29.9 Å². The number of unbranched alkanes of at least 4 members (excludes halogenated alkanes) is 2. The molecule has 1 aliphatic heterocycles. The molecule has 0 unspecified atom stereocenters. The molecule has 1 saturated heterocycles. The number of fused-ring (bicyclic) bond motifs is 1. The van der Waals surface area contributed by atoms with Gasteiger partial charge in [0, 0.05) is 31.6 Å². The first-order valence-electron chi connectivity index (χ1n) is 11.7. The number of hydrogen-bond acceptors (Lipinski definition) is 6. The van der Waals surface area contributed by atoms with Crippen LogP contribution in [0.2, 0.25) is 0 Å². The quantitative estimate of drug-likeness (QED) is 0.190. The summed E-state index contributed by atoms with van der Waals surface area (Å²) in [6.45, 7) is 3.05. The predicted molar refractivity (Wildman–Crippen MR) is 133 cm³/mol. The molecule has 0 radical (unpaired) electrons. The van der Waals surface area contributed by atoms with Gasteiger partial charge in [0.25, 0.3) is 5.56 Å². The van der Waals surface area contributed by atoms with E-state index in [1.807, 2.05) is 41.3 Å². The van der Waals surface area contributed by atoms with E-state index in [1.54, 1.807) is 22.8 Å². The molecule has 0 saturated carbocycles. The molecule has 1 fully saturated rings. The smallest absolute Gasteiger partial charge is 0.262 e. The van der Waals surface area contributed by atoms with E-state index in [4.69, 9.17) is 9.72 Å². The van der Waals surface area contributed by atoms with Gasteiger partial charge in [-0.3, -0.25) is 19.0 Å². The lowest BCUT2D eigenvalue weighted by Crippen LogP contribution is -2.40. The molecule has 8 heteroatoms. The monoisotopic (exact) mass is 479 g/mol. The second-order valence-corrected chi connectivity index (χ2v) is 9.19. The molecule has 0 bridgehead atoms. The predicted octanol–water partition coefficient (Wildman–Crippen LogP) is 3.79. The molecule has 3 aromatic rings. The molecule has 2 aromatic carbocycles. The van der Waals surface area contributed by atoms with Crippen molar-refractivity contribution < 1.29 is 14.3 Å². The van der Waals surface area contributed by atoms with Crippen molar-refractivity contribution in [2.75, 3.05) is 32.1 Å². The van der Waals surface area contributed by atoms with Gasteiger partial charge >= 0.3 is 0 Å². The number of ketones is 1. The van der Waals surface area contributed by atoms with Crippen LogP contribution in [0.25, 0.3) is 10.9 Å². The van der Waals surface area contributed by atoms with Crippen molar-refractivity contribution in [1.29, 1.82) is 0 Å². The average molecular weight is 480 g/mol. The van der Waals surface area contributed by atoms with Gasteiger partial charge in [-0.05, 0) is 25.0 Å². The Morgan fingerprint density at radius 3 is 2.47 bits per heavy atom. The fourth-order valence-corrected chi connectivity index (χ4v) is 4.91. The SMILES string of the molecule is O=C(CSc1nc2ccccc2c(=O)n1CCCCCC(=O)N1CCOCC1)c1ccccc1. The zero-order valence-corrected chi connectivity index (χ0v) is 20.0. The van der Waals surface area contributed by atoms with Crippen LogP contribution in [0.5, 0.6) is 0 Å². The number of hydrogen-bond donors (Lipinski definition) is 0. The van der Waals surface area contributed by atoms with Crippen LogP contribution in [-0.4, -0.2) is 58.2 Å². The Bertz CT molecular complexity index is 1190. The molecule has 1 aliphatic rings. The molecular formula is C26H29N3O4S. The fourth-order valence-electron chi connectivity index (χ4n) is 3.99. The molecule has 1 aromatic heterocycles. The van der Waals surface area contributed by atoms with E-state index in [2.05, 4.69) is 0 Å². The number of ether oxygens (including phenoxy) is 1. The van der Waals surface area contributed by atoms with E-state index in [0.717, 1.165) is 19.3 Å². The number of carbonyl (C=O) groups excluding carboxylic acids is 2. The van der Waals surface area contributed by atoms with E-state index >= 15 is 0 Å². The summed E-state index contributed by atoms with van der Waals surface area (Å²) in [5.41, 5.74) is 1.19. The molecule has 34 heavy (non-hydrogen) atoms. The van der Waals surface area contributed by atoms with Crippen molar-refractivity contribution in [1.82, 2.24) is 14.5 Å². The van der Waals surface area contributed by atoms with Crippen LogP contribution in [0.4, 0.5) is 0 Å². The van der Waals surface area contributed by atoms with Crippen LogP contribution in [0.15, 0.2) is 64.5 Å². The van der Waals surface area contributed by atoms with Crippen molar-refractivity contribution in [2.45, 2.75) is 37.4 Å². The summed E-state index contributed by atoms with van der Waals surface area (Å²) in [6.07, 6.45) is 2.89. The maximum absolute atomic E-state index is 13.2. The fraction of sp³-hybridized carbons (Fsp3) is 0.385. The van der Waals surface area contributed by atoms with Gasteiger partial charge in [-0.2, -0.15) is 0 Å². The van der Waals surface area contributed by atoms with Gasteiger partial charge in [0.2, 0.25) is 5.91 Å². The molecular weight excluding hydrogens is 450 g/mol. The Labute approximate surface area is 203 Å². The van der Waals surface area contributed by atoms with Crippen molar-refractivity contribution in [3.8, 4) is 0 Å². The highest BCUT2D eigenvalue weighted by atomic mass is 32.2. The molecule has 7 nitrogen and oxygen atoms in total. The van der Waals surface area contributed by atoms with Crippen LogP contribution in [0.3, 0.4) is 0 Å². The Kier molecular flexibility index (Phi) is 8.49. The molecule has 0 atom stereocenters. The normalized spacial score (nSPS) is 13.8. The average Bonchev–Trinajstić information content (AvgIpc) is 2.89. The Hall–Kier alpha value is -2.97. The molecule has 4 rings (SSSR count). The lowest BCUT2D eigenvalue weighted by atomic mass is 10.1. The third-order valence-electron chi connectivity index (χ3n) is 5.89. The molecule has 0 spiro atoms. The third-order valence-corrected chi connectivity index (χ3v) is 6.87. The van der Waals surface area contributed by atoms with Crippen LogP contribution >= 0.6 is 11.8 Å². The van der Waals surface area contributed by atoms with Crippen molar-refractivity contribution in [3.63, 3.8) is 0 Å². The Morgan fingerprint density at radius 1 is 0.941 bits per heavy atom. The minimum Gasteiger partial charge on any atom is -0.378 e. The maximum Gasteiger partial charge on any atom is 0.262 e. The van der Waals surface area contributed by atoms with Gasteiger partial charge in [0.15, 0.2) is 10.9 Å². The highest BCUT2D eigenvalue weighted by Crippen LogP contribution is 2.20. The number of Topliss-reactive ketones (excluding diaryl/α,β-unsaturated/α-hetero) is 1. The lowest BCUT2D eigenvalue weighted by Gasteiger charge is -2.26. The summed E-state index contributed by atoms with van der Waals surface area (Å²) >= 11 is 1.30. The van der Waals surface area contributed by atoms with Crippen molar-refractivity contribution >= 4 is 34.4 Å². The summed E-state index contributed by atoms with van der Waals surface area (Å²) in [6, 6.07) is 16.4. The van der Waals surface area contributed by atoms with Crippen molar-refractivity contribution in [2.24, 2.45) is 0 Å². The van der Waals surface area contributed by atoms with Crippen molar-refractivity contribution in [3.05, 3.63) is 70.5 Å². The number of carbonyl (C=O) groups is 2. The second-order valence-electron chi connectivity index (χ2n) is 8.25. The van der Waals surface area contributed by atoms with Gasteiger partial charge in [-0.15, -0.1) is 0 Å². The first kappa shape index (κ1) is 24.2. The van der Waals surface area contributed by atoms with Gasteiger partial charge in [-0.1, -0.05) is 60.6 Å². The second kappa shape index (κ2) is 11.9. The van der Waals surface area contributed by atoms with Gasteiger partial charge in [-0.25, -0.2) is 4.98 Å². The molecule has 178 valence electrons. The number of amides is 1. The minimum absolute atomic E-state index is 0.00110. The Balaban J connectivity index is 1.39. The van der Waals surface area contributed by atoms with E-state index in [0.29, 0.717) is 60.9 Å². The number of morpholine rings is 1. The number of rotatable bonds is 10. The summed E-state index contributed by atoms with van der Waals surface area (Å²) in [4.78, 5) is 44.7. The van der Waals surface area contributed by atoms with E-state index in [1.165, 1.54) is 11.8 Å². The lowest BCUT2D eigenvalue weighted by molar-refractivity contribution is -0.135. The van der Waals surface area contributed by atoms with Gasteiger partial charge < -0.3 is 9.64 Å². The Morgan fingerprint density at radius 2 is 1.68 bits per heavy atom. The van der Waals surface area contributed by atoms with E-state index in [-0.39, 0.29) is 23.0 Å². The number of aromatic nitrogens is 2. The van der Waals surface area contributed by atoms with Crippen LogP contribution < -0.4 is 5.56 Å². The highest BCUT2D eigenvalue weighted by molar-refractivity contribution is 7.99. The third kappa shape index (κ3) is 6.12. The summed E-state index contributed by atoms with van der Waals surface area (Å²) in [5, 5.41) is 1.13. The molecule has 2 heterocycles. The first-order valence-corrected chi connectivity index (χ1v) is 12.7. The number of benzene rings is 2. The standard InChI is InChI=1S/C26H29N3O4S/c30-23(20-9-3-1-4-10-20)19-34-26-27-22-12-7-6-11-21(22)25(32)29(26)14-8-2-5-13-24(31)28-15-17-33-18-16-28/h1,3-4,6-7,9-12H,2,5,8,13-19H2. The zero-order valence-electron chi connectivity index (χ0n) is 19.2. The maximum atomic E-state index is 13.2. The number of para-hydroxylation sites is 1. The summed E-state index contributed by atoms with van der Waals surface area (Å²) in [5.74, 6) is 0.382. The van der Waals surface area contributed by atoms with Gasteiger partial charge in [0.1, 0.15) is 0 Å². The first-order chi connectivity index (χ1) is 16.6. The van der Waals surface area contributed by atoms with Crippen LogP contribution in [-0.2, 0) is 16.1 Å². The van der Waals surface area contributed by atoms with Crippen LogP contribution in [0, 0.1) is 0 Å². The molecule has 0 aliphatic carbocycles. The van der Waals surface area contributed by atoms with E-state index in [9.17, 15) is 14.4 Å². The largest absolute Gasteiger partial charge is 0.378 e.